The van der Waals surface area contributed by atoms with Gasteiger partial charge in [-0.05, 0) is 35.7 Å². The van der Waals surface area contributed by atoms with E-state index in [0.717, 1.165) is 18.2 Å². The lowest BCUT2D eigenvalue weighted by Crippen LogP contribution is -2.05. The molecule has 0 amide bonds. The molecule has 6 heteroatoms. The highest BCUT2D eigenvalue weighted by Crippen LogP contribution is 2.32. The number of benzene rings is 2. The van der Waals surface area contributed by atoms with Gasteiger partial charge in [0, 0.05) is 0 Å². The van der Waals surface area contributed by atoms with Crippen LogP contribution in [-0.2, 0) is 12.6 Å². The Kier molecular flexibility index (Phi) is 4.52. The van der Waals surface area contributed by atoms with Gasteiger partial charge in [-0.25, -0.2) is 8.78 Å². The number of rotatable bonds is 3. The Morgan fingerprint density at radius 1 is 0.952 bits per heavy atom. The van der Waals surface area contributed by atoms with Crippen LogP contribution in [0.1, 0.15) is 22.1 Å². The molecule has 0 saturated heterocycles. The Hall–Kier alpha value is -1.62. The summed E-state index contributed by atoms with van der Waals surface area (Å²) in [7, 11) is 0. The number of hydrogen-bond acceptors (Lipinski definition) is 0. The van der Waals surface area contributed by atoms with Crippen molar-refractivity contribution in [3.05, 3.63) is 70.8 Å². The van der Waals surface area contributed by atoms with E-state index in [1.807, 2.05) is 0 Å². The van der Waals surface area contributed by atoms with Crippen LogP contribution in [0.3, 0.4) is 0 Å². The minimum Gasteiger partial charge on any atom is -0.204 e. The van der Waals surface area contributed by atoms with Crippen molar-refractivity contribution in [3.63, 3.8) is 0 Å². The average molecular weight is 321 g/mol. The Morgan fingerprint density at radius 2 is 1.57 bits per heavy atom. The molecule has 21 heavy (non-hydrogen) atoms. The second-order valence-corrected chi connectivity index (χ2v) is 5.03. The summed E-state index contributed by atoms with van der Waals surface area (Å²) in [6.45, 7) is 0. The summed E-state index contributed by atoms with van der Waals surface area (Å²) in [6.07, 6.45) is -4.44. The highest BCUT2D eigenvalue weighted by Gasteiger charge is 2.30. The topological polar surface area (TPSA) is 0 Å². The van der Waals surface area contributed by atoms with Crippen molar-refractivity contribution in [2.45, 2.75) is 18.0 Å². The van der Waals surface area contributed by atoms with Gasteiger partial charge in [-0.15, -0.1) is 11.6 Å². The van der Waals surface area contributed by atoms with Crippen LogP contribution in [0, 0.1) is 11.6 Å². The van der Waals surface area contributed by atoms with Crippen molar-refractivity contribution in [1.82, 2.24) is 0 Å². The summed E-state index contributed by atoms with van der Waals surface area (Å²) in [4.78, 5) is 0. The molecular weight excluding hydrogens is 311 g/mol. The molecule has 1 atom stereocenters. The first-order valence-electron chi connectivity index (χ1n) is 6.03. The summed E-state index contributed by atoms with van der Waals surface area (Å²) >= 11 is 6.06. The largest absolute Gasteiger partial charge is 0.416 e. The van der Waals surface area contributed by atoms with Crippen LogP contribution in [0.25, 0.3) is 0 Å². The monoisotopic (exact) mass is 320 g/mol. The van der Waals surface area contributed by atoms with E-state index in [2.05, 4.69) is 0 Å². The Labute approximate surface area is 123 Å². The molecule has 0 aromatic heterocycles. The van der Waals surface area contributed by atoms with E-state index in [1.54, 1.807) is 0 Å². The van der Waals surface area contributed by atoms with Crippen LogP contribution >= 0.6 is 11.6 Å². The van der Waals surface area contributed by atoms with Crippen molar-refractivity contribution in [3.8, 4) is 0 Å². The van der Waals surface area contributed by atoms with E-state index >= 15 is 0 Å². The maximum Gasteiger partial charge on any atom is 0.416 e. The molecule has 0 radical (unpaired) electrons. The standard InChI is InChI=1S/C15H10ClF5/c16-12(8-10-2-1-3-13(17)14(10)18)9-4-6-11(7-5-9)15(19,20)21/h1-7,12H,8H2. The molecule has 0 aliphatic heterocycles. The van der Waals surface area contributed by atoms with Gasteiger partial charge >= 0.3 is 6.18 Å². The first-order valence-corrected chi connectivity index (χ1v) is 6.47. The lowest BCUT2D eigenvalue weighted by atomic mass is 10.0. The third-order valence-corrected chi connectivity index (χ3v) is 3.44. The maximum absolute atomic E-state index is 13.5. The van der Waals surface area contributed by atoms with Crippen LogP contribution < -0.4 is 0 Å². The fourth-order valence-electron chi connectivity index (χ4n) is 1.90. The second kappa shape index (κ2) is 6.02. The SMILES string of the molecule is Fc1cccc(CC(Cl)c2ccc(C(F)(F)F)cc2)c1F. The van der Waals surface area contributed by atoms with Crippen LogP contribution in [0.2, 0.25) is 0 Å². The maximum atomic E-state index is 13.5. The lowest BCUT2D eigenvalue weighted by molar-refractivity contribution is -0.137. The molecule has 2 aromatic carbocycles. The molecule has 2 rings (SSSR count). The van der Waals surface area contributed by atoms with E-state index in [-0.39, 0.29) is 12.0 Å². The molecule has 0 heterocycles. The Bertz CT molecular complexity index is 619. The molecular formula is C15H10ClF5. The third-order valence-electron chi connectivity index (χ3n) is 3.03. The zero-order valence-electron chi connectivity index (χ0n) is 10.6. The number of hydrogen-bond donors (Lipinski definition) is 0. The highest BCUT2D eigenvalue weighted by atomic mass is 35.5. The van der Waals surface area contributed by atoms with Gasteiger partial charge in [-0.2, -0.15) is 13.2 Å². The van der Waals surface area contributed by atoms with Crippen LogP contribution in [0.15, 0.2) is 42.5 Å². The van der Waals surface area contributed by atoms with Crippen LogP contribution in [-0.4, -0.2) is 0 Å². The van der Waals surface area contributed by atoms with Crippen molar-refractivity contribution in [2.75, 3.05) is 0 Å². The molecule has 0 N–H and O–H groups in total. The van der Waals surface area contributed by atoms with Crippen LogP contribution in [0.4, 0.5) is 22.0 Å². The highest BCUT2D eigenvalue weighted by molar-refractivity contribution is 6.20. The van der Waals surface area contributed by atoms with Crippen LogP contribution in [0.5, 0.6) is 0 Å². The van der Waals surface area contributed by atoms with Gasteiger partial charge in [-0.1, -0.05) is 24.3 Å². The molecule has 0 aliphatic carbocycles. The third kappa shape index (κ3) is 3.73. The van der Waals surface area contributed by atoms with E-state index in [0.29, 0.717) is 5.56 Å². The zero-order chi connectivity index (χ0) is 15.6. The summed E-state index contributed by atoms with van der Waals surface area (Å²) in [6, 6.07) is 8.01. The molecule has 0 nitrogen and oxygen atoms in total. The molecule has 112 valence electrons. The Morgan fingerprint density at radius 3 is 2.14 bits per heavy atom. The molecule has 0 spiro atoms. The van der Waals surface area contributed by atoms with Gasteiger partial charge < -0.3 is 0 Å². The fourth-order valence-corrected chi connectivity index (χ4v) is 2.21. The van der Waals surface area contributed by atoms with E-state index in [4.69, 9.17) is 11.6 Å². The van der Waals surface area contributed by atoms with Gasteiger partial charge in [0.2, 0.25) is 0 Å². The zero-order valence-corrected chi connectivity index (χ0v) is 11.3. The van der Waals surface area contributed by atoms with Gasteiger partial charge in [0.05, 0.1) is 10.9 Å². The lowest BCUT2D eigenvalue weighted by Gasteiger charge is -2.12. The molecule has 2 aromatic rings. The summed E-state index contributed by atoms with van der Waals surface area (Å²) in [5.41, 5.74) is -0.296. The number of halogens is 6. The van der Waals surface area contributed by atoms with Crippen molar-refractivity contribution < 1.29 is 22.0 Å². The molecule has 0 fully saturated rings. The molecule has 0 aliphatic rings. The normalized spacial score (nSPS) is 13.2. The predicted octanol–water partition coefficient (Wildman–Crippen LogP) is 5.51. The van der Waals surface area contributed by atoms with Crippen molar-refractivity contribution in [2.24, 2.45) is 0 Å². The fraction of sp³-hybridized carbons (Fsp3) is 0.200. The van der Waals surface area contributed by atoms with Crippen molar-refractivity contribution >= 4 is 11.6 Å². The Balaban J connectivity index is 2.17. The molecule has 0 saturated carbocycles. The van der Waals surface area contributed by atoms with E-state index in [9.17, 15) is 22.0 Å². The predicted molar refractivity (Wildman–Crippen MR) is 70.1 cm³/mol. The second-order valence-electron chi connectivity index (χ2n) is 4.50. The van der Waals surface area contributed by atoms with Gasteiger partial charge in [-0.3, -0.25) is 0 Å². The first kappa shape index (κ1) is 15.8. The molecule has 0 bridgehead atoms. The molecule has 1 unspecified atom stereocenters. The number of alkyl halides is 4. The van der Waals surface area contributed by atoms with E-state index in [1.165, 1.54) is 24.3 Å². The smallest absolute Gasteiger partial charge is 0.204 e. The van der Waals surface area contributed by atoms with Gasteiger partial charge in [0.1, 0.15) is 0 Å². The minimum atomic E-state index is -4.42. The van der Waals surface area contributed by atoms with Crippen molar-refractivity contribution in [1.29, 1.82) is 0 Å². The van der Waals surface area contributed by atoms with Gasteiger partial charge in [0.25, 0.3) is 0 Å². The quantitative estimate of drug-likeness (QED) is 0.517. The van der Waals surface area contributed by atoms with Gasteiger partial charge in [0.15, 0.2) is 11.6 Å². The average Bonchev–Trinajstić information content (AvgIpc) is 2.43. The minimum absolute atomic E-state index is 0.0173. The van der Waals surface area contributed by atoms with E-state index < -0.39 is 28.8 Å². The summed E-state index contributed by atoms with van der Waals surface area (Å²) in [5, 5.41) is -0.747. The first-order chi connectivity index (χ1) is 9.79. The summed E-state index contributed by atoms with van der Waals surface area (Å²) < 4.78 is 63.9. The summed E-state index contributed by atoms with van der Waals surface area (Å²) in [5.74, 6) is -1.97.